The van der Waals surface area contributed by atoms with E-state index in [1.807, 2.05) is 13.8 Å². The molecule has 0 bridgehead atoms. The Morgan fingerprint density at radius 1 is 1.15 bits per heavy atom. The number of nitrogens with zero attached hydrogens (tertiary/aromatic N) is 2. The molecule has 2 N–H and O–H groups in total. The van der Waals surface area contributed by atoms with Gasteiger partial charge in [-0.25, -0.2) is 8.42 Å². The highest BCUT2D eigenvalue weighted by Crippen LogP contribution is 2.16. The van der Waals surface area contributed by atoms with Crippen LogP contribution in [0, 0.1) is 0 Å². The quantitative estimate of drug-likeness (QED) is 0.588. The summed E-state index contributed by atoms with van der Waals surface area (Å²) in [5.41, 5.74) is 0.477. The molecule has 0 radical (unpaired) electrons. The van der Waals surface area contributed by atoms with Crippen LogP contribution < -0.4 is 10.6 Å². The van der Waals surface area contributed by atoms with Gasteiger partial charge in [0.05, 0.1) is 4.90 Å². The maximum Gasteiger partial charge on any atom is 0.251 e. The van der Waals surface area contributed by atoms with E-state index in [2.05, 4.69) is 15.5 Å². The van der Waals surface area contributed by atoms with Crippen LogP contribution in [0.2, 0.25) is 0 Å². The Morgan fingerprint density at radius 3 is 2.30 bits per heavy atom. The van der Waals surface area contributed by atoms with Gasteiger partial charge in [0.2, 0.25) is 10.0 Å². The lowest BCUT2D eigenvalue weighted by atomic mass is 10.2. The molecule has 7 nitrogen and oxygen atoms in total. The van der Waals surface area contributed by atoms with Crippen molar-refractivity contribution in [1.82, 2.24) is 19.8 Å². The van der Waals surface area contributed by atoms with Gasteiger partial charge in [0, 0.05) is 51.4 Å². The Kier molecular flexibility index (Phi) is 10.3. The third-order valence-corrected chi connectivity index (χ3v) is 6.67. The zero-order valence-corrected chi connectivity index (χ0v) is 17.7. The van der Waals surface area contributed by atoms with Crippen molar-refractivity contribution < 1.29 is 13.2 Å². The summed E-state index contributed by atoms with van der Waals surface area (Å²) in [6, 6.07) is 6.15. The molecule has 0 spiro atoms. The highest BCUT2D eigenvalue weighted by Gasteiger charge is 2.21. The van der Waals surface area contributed by atoms with Crippen LogP contribution in [0.15, 0.2) is 29.2 Å². The minimum atomic E-state index is -3.49. The first kappa shape index (κ1) is 23.8. The van der Waals surface area contributed by atoms with Crippen molar-refractivity contribution in [1.29, 1.82) is 0 Å². The van der Waals surface area contributed by atoms with Crippen molar-refractivity contribution >= 4 is 28.3 Å². The molecule has 1 aliphatic heterocycles. The first-order valence-corrected chi connectivity index (χ1v) is 10.7. The lowest BCUT2D eigenvalue weighted by Crippen LogP contribution is -2.44. The van der Waals surface area contributed by atoms with Crippen molar-refractivity contribution in [2.45, 2.75) is 25.2 Å². The van der Waals surface area contributed by atoms with Crippen molar-refractivity contribution in [3.63, 3.8) is 0 Å². The minimum Gasteiger partial charge on any atom is -0.352 e. The molecule has 1 aliphatic rings. The average molecular weight is 419 g/mol. The van der Waals surface area contributed by atoms with Crippen LogP contribution in [0.5, 0.6) is 0 Å². The number of nitrogens with one attached hydrogen (secondary N) is 2. The van der Waals surface area contributed by atoms with E-state index in [-0.39, 0.29) is 23.2 Å². The second kappa shape index (κ2) is 11.6. The van der Waals surface area contributed by atoms with Gasteiger partial charge in [-0.2, -0.15) is 4.31 Å². The summed E-state index contributed by atoms with van der Waals surface area (Å²) in [5.74, 6) is -0.169. The summed E-state index contributed by atoms with van der Waals surface area (Å²) in [5, 5.41) is 6.22. The van der Waals surface area contributed by atoms with Gasteiger partial charge < -0.3 is 15.5 Å². The fourth-order valence-corrected chi connectivity index (χ4v) is 4.49. The Hall–Kier alpha value is -1.19. The number of hydrogen-bond acceptors (Lipinski definition) is 5. The second-order valence-electron chi connectivity index (χ2n) is 6.31. The molecule has 1 heterocycles. The van der Waals surface area contributed by atoms with E-state index in [9.17, 15) is 13.2 Å². The number of halogens is 1. The normalized spacial score (nSPS) is 15.4. The number of carbonyl (C=O) groups excluding carboxylic acids is 1. The Bertz CT molecular complexity index is 672. The monoisotopic (exact) mass is 418 g/mol. The molecule has 27 heavy (non-hydrogen) atoms. The number of rotatable bonds is 9. The SMILES string of the molecule is CCN(CC)S(=O)(=O)c1ccc(C(=O)NCCCN2CCNCC2)cc1.Cl. The molecule has 0 aliphatic carbocycles. The predicted octanol–water partition coefficient (Wildman–Crippen LogP) is 1.16. The van der Waals surface area contributed by atoms with Crippen molar-refractivity contribution in [3.05, 3.63) is 29.8 Å². The highest BCUT2D eigenvalue weighted by molar-refractivity contribution is 7.89. The van der Waals surface area contributed by atoms with Gasteiger partial charge in [0.15, 0.2) is 0 Å². The van der Waals surface area contributed by atoms with Gasteiger partial charge in [-0.15, -0.1) is 12.4 Å². The molecule has 1 fully saturated rings. The standard InChI is InChI=1S/C18H30N4O3S.ClH/c1-3-22(4-2)26(24,25)17-8-6-16(7-9-17)18(23)20-10-5-13-21-14-11-19-12-15-21;/h6-9,19H,3-5,10-15H2,1-2H3,(H,20,23);1H. The van der Waals surface area contributed by atoms with E-state index in [0.29, 0.717) is 25.2 Å². The zero-order valence-electron chi connectivity index (χ0n) is 16.1. The molecule has 2 rings (SSSR count). The molecule has 1 aromatic carbocycles. The van der Waals surface area contributed by atoms with Crippen LogP contribution in [0.25, 0.3) is 0 Å². The average Bonchev–Trinajstić information content (AvgIpc) is 2.67. The molecule has 0 aromatic heterocycles. The molecular formula is C18H31ClN4O3S. The molecule has 9 heteroatoms. The predicted molar refractivity (Wildman–Crippen MR) is 110 cm³/mol. The summed E-state index contributed by atoms with van der Waals surface area (Å²) in [6.45, 7) is 10.2. The third kappa shape index (κ3) is 6.73. The molecule has 154 valence electrons. The van der Waals surface area contributed by atoms with Gasteiger partial charge in [0.25, 0.3) is 5.91 Å². The maximum atomic E-state index is 12.5. The number of piperazine rings is 1. The third-order valence-electron chi connectivity index (χ3n) is 4.61. The molecule has 0 unspecified atom stereocenters. The summed E-state index contributed by atoms with van der Waals surface area (Å²) >= 11 is 0. The molecule has 0 saturated carbocycles. The molecular weight excluding hydrogens is 388 g/mol. The molecule has 1 amide bonds. The number of benzene rings is 1. The maximum absolute atomic E-state index is 12.5. The van der Waals surface area contributed by atoms with Crippen LogP contribution in [-0.4, -0.2) is 75.9 Å². The summed E-state index contributed by atoms with van der Waals surface area (Å²) in [6.07, 6.45) is 0.903. The van der Waals surface area contributed by atoms with E-state index in [1.165, 1.54) is 16.4 Å². The number of carbonyl (C=O) groups is 1. The topological polar surface area (TPSA) is 81.8 Å². The van der Waals surface area contributed by atoms with Gasteiger partial charge in [-0.3, -0.25) is 4.79 Å². The second-order valence-corrected chi connectivity index (χ2v) is 8.25. The molecule has 1 aromatic rings. The van der Waals surface area contributed by atoms with Crippen molar-refractivity contribution in [3.8, 4) is 0 Å². The summed E-state index contributed by atoms with van der Waals surface area (Å²) < 4.78 is 26.3. The molecule has 1 saturated heterocycles. The zero-order chi connectivity index (χ0) is 19.0. The number of sulfonamides is 1. The minimum absolute atomic E-state index is 0. The molecule has 0 atom stereocenters. The van der Waals surface area contributed by atoms with E-state index in [4.69, 9.17) is 0 Å². The van der Waals surface area contributed by atoms with Gasteiger partial charge in [0.1, 0.15) is 0 Å². The summed E-state index contributed by atoms with van der Waals surface area (Å²) in [7, 11) is -3.49. The smallest absolute Gasteiger partial charge is 0.251 e. The highest BCUT2D eigenvalue weighted by atomic mass is 35.5. The first-order chi connectivity index (χ1) is 12.5. The van der Waals surface area contributed by atoms with Gasteiger partial charge in [-0.05, 0) is 37.2 Å². The largest absolute Gasteiger partial charge is 0.352 e. The van der Waals surface area contributed by atoms with E-state index in [0.717, 1.165) is 39.1 Å². The van der Waals surface area contributed by atoms with Crippen molar-refractivity contribution in [2.75, 3.05) is 52.4 Å². The van der Waals surface area contributed by atoms with E-state index >= 15 is 0 Å². The van der Waals surface area contributed by atoms with Gasteiger partial charge >= 0.3 is 0 Å². The van der Waals surface area contributed by atoms with Crippen LogP contribution in [0.4, 0.5) is 0 Å². The fourth-order valence-electron chi connectivity index (χ4n) is 3.03. The van der Waals surface area contributed by atoms with E-state index in [1.54, 1.807) is 12.1 Å². The van der Waals surface area contributed by atoms with Crippen LogP contribution in [0.1, 0.15) is 30.6 Å². The van der Waals surface area contributed by atoms with Crippen LogP contribution in [0.3, 0.4) is 0 Å². The Balaban J connectivity index is 0.00000364. The Labute approximate surface area is 168 Å². The summed E-state index contributed by atoms with van der Waals surface area (Å²) in [4.78, 5) is 14.8. The van der Waals surface area contributed by atoms with Gasteiger partial charge in [-0.1, -0.05) is 13.8 Å². The number of hydrogen-bond donors (Lipinski definition) is 2. The number of amides is 1. The fraction of sp³-hybridized carbons (Fsp3) is 0.611. The van der Waals surface area contributed by atoms with E-state index < -0.39 is 10.0 Å². The first-order valence-electron chi connectivity index (χ1n) is 9.30. The lowest BCUT2D eigenvalue weighted by Gasteiger charge is -2.27. The lowest BCUT2D eigenvalue weighted by molar-refractivity contribution is 0.0951. The Morgan fingerprint density at radius 2 is 1.74 bits per heavy atom. The van der Waals surface area contributed by atoms with Crippen molar-refractivity contribution in [2.24, 2.45) is 0 Å². The van der Waals surface area contributed by atoms with Crippen LogP contribution >= 0.6 is 12.4 Å². The van der Waals surface area contributed by atoms with Crippen LogP contribution in [-0.2, 0) is 10.0 Å².